The summed E-state index contributed by atoms with van der Waals surface area (Å²) in [6, 6.07) is 9.82. The summed E-state index contributed by atoms with van der Waals surface area (Å²) in [5.41, 5.74) is 1.06. The first-order valence-corrected chi connectivity index (χ1v) is 7.84. The molecule has 0 aromatic heterocycles. The molecule has 2 heterocycles. The van der Waals surface area contributed by atoms with Crippen LogP contribution in [0.3, 0.4) is 0 Å². The summed E-state index contributed by atoms with van der Waals surface area (Å²) in [6.45, 7) is 4.28. The smallest absolute Gasteiger partial charge is 0.186 e. The topological polar surface area (TPSA) is 66.4 Å². The Morgan fingerprint density at radius 1 is 1.17 bits per heavy atom. The Morgan fingerprint density at radius 3 is 2.57 bits per heavy atom. The number of aliphatic hydroxyl groups is 1. The third-order valence-electron chi connectivity index (χ3n) is 4.06. The lowest BCUT2D eigenvalue weighted by atomic mass is 10.1. The largest absolute Gasteiger partial charge is 0.388 e. The predicted molar refractivity (Wildman–Crippen MR) is 81.6 cm³/mol. The van der Waals surface area contributed by atoms with E-state index >= 15 is 0 Å². The van der Waals surface area contributed by atoms with Crippen molar-refractivity contribution >= 4 is 0 Å². The molecule has 6 nitrogen and oxygen atoms in total. The first-order chi connectivity index (χ1) is 11.0. The van der Waals surface area contributed by atoms with Gasteiger partial charge in [-0.05, 0) is 19.4 Å². The van der Waals surface area contributed by atoms with E-state index in [1.165, 1.54) is 0 Å². The Morgan fingerprint density at radius 2 is 1.87 bits per heavy atom. The SMILES string of the molecule is CO[C@@H]1O[C@@H]([C@@H](O)COCc2ccccc2)[C@H]2OC(C)(C)O[C@@H]12. The quantitative estimate of drug-likeness (QED) is 0.854. The molecule has 6 heteroatoms. The Bertz CT molecular complexity index is 505. The Balaban J connectivity index is 1.55. The van der Waals surface area contributed by atoms with Crippen LogP contribution < -0.4 is 0 Å². The van der Waals surface area contributed by atoms with Crippen molar-refractivity contribution in [3.8, 4) is 0 Å². The highest BCUT2D eigenvalue weighted by molar-refractivity contribution is 5.13. The van der Waals surface area contributed by atoms with Crippen molar-refractivity contribution in [2.75, 3.05) is 13.7 Å². The molecule has 23 heavy (non-hydrogen) atoms. The molecule has 2 aliphatic rings. The van der Waals surface area contributed by atoms with Crippen molar-refractivity contribution in [1.82, 2.24) is 0 Å². The van der Waals surface area contributed by atoms with Gasteiger partial charge in [0.25, 0.3) is 0 Å². The summed E-state index contributed by atoms with van der Waals surface area (Å²) in [5, 5.41) is 10.4. The van der Waals surface area contributed by atoms with Crippen molar-refractivity contribution in [3.63, 3.8) is 0 Å². The summed E-state index contributed by atoms with van der Waals surface area (Å²) < 4.78 is 28.3. The summed E-state index contributed by atoms with van der Waals surface area (Å²) >= 11 is 0. The van der Waals surface area contributed by atoms with Crippen molar-refractivity contribution in [2.24, 2.45) is 0 Å². The number of rotatable bonds is 6. The minimum atomic E-state index is -0.816. The minimum absolute atomic E-state index is 0.156. The first-order valence-electron chi connectivity index (χ1n) is 7.84. The fourth-order valence-corrected chi connectivity index (χ4v) is 3.06. The normalized spacial score (nSPS) is 33.6. The highest BCUT2D eigenvalue weighted by atomic mass is 16.8. The van der Waals surface area contributed by atoms with E-state index in [1.807, 2.05) is 44.2 Å². The van der Waals surface area contributed by atoms with Crippen LogP contribution in [0.5, 0.6) is 0 Å². The van der Waals surface area contributed by atoms with Gasteiger partial charge in [-0.25, -0.2) is 0 Å². The molecule has 128 valence electrons. The highest BCUT2D eigenvalue weighted by Gasteiger charge is 2.57. The predicted octanol–water partition coefficient (Wildman–Crippen LogP) is 1.46. The second kappa shape index (κ2) is 6.84. The Kier molecular flexibility index (Phi) is 5.01. The van der Waals surface area contributed by atoms with Crippen LogP contribution in [0.1, 0.15) is 19.4 Å². The highest BCUT2D eigenvalue weighted by Crippen LogP contribution is 2.39. The number of aliphatic hydroxyl groups excluding tert-OH is 1. The zero-order valence-electron chi connectivity index (χ0n) is 13.7. The van der Waals surface area contributed by atoms with Crippen molar-refractivity contribution in [1.29, 1.82) is 0 Å². The van der Waals surface area contributed by atoms with Crippen LogP contribution in [-0.2, 0) is 30.3 Å². The second-order valence-corrected chi connectivity index (χ2v) is 6.34. The van der Waals surface area contributed by atoms with E-state index in [9.17, 15) is 5.11 Å². The van der Waals surface area contributed by atoms with Gasteiger partial charge < -0.3 is 28.8 Å². The van der Waals surface area contributed by atoms with E-state index in [-0.39, 0.29) is 18.8 Å². The first kappa shape index (κ1) is 16.8. The van der Waals surface area contributed by atoms with Gasteiger partial charge in [-0.1, -0.05) is 30.3 Å². The summed E-state index contributed by atoms with van der Waals surface area (Å²) in [6.07, 6.45) is -2.61. The molecule has 0 radical (unpaired) electrons. The maximum atomic E-state index is 10.4. The van der Waals surface area contributed by atoms with Gasteiger partial charge >= 0.3 is 0 Å². The molecule has 2 fully saturated rings. The molecule has 0 bridgehead atoms. The fraction of sp³-hybridized carbons (Fsp3) is 0.647. The lowest BCUT2D eigenvalue weighted by Gasteiger charge is -2.26. The number of methoxy groups -OCH3 is 1. The van der Waals surface area contributed by atoms with Gasteiger partial charge in [0, 0.05) is 7.11 Å². The molecule has 1 N–H and O–H groups in total. The molecule has 0 unspecified atom stereocenters. The monoisotopic (exact) mass is 324 g/mol. The molecule has 5 atom stereocenters. The average Bonchev–Trinajstić information content (AvgIpc) is 3.01. The molecule has 2 saturated heterocycles. The molecular weight excluding hydrogens is 300 g/mol. The summed E-state index contributed by atoms with van der Waals surface area (Å²) in [5.74, 6) is -0.710. The van der Waals surface area contributed by atoms with Crippen LogP contribution in [0.2, 0.25) is 0 Å². The van der Waals surface area contributed by atoms with E-state index in [0.717, 1.165) is 5.56 Å². The average molecular weight is 324 g/mol. The molecular formula is C17H24O6. The molecule has 1 aromatic rings. The van der Waals surface area contributed by atoms with Gasteiger partial charge in [0.05, 0.1) is 13.2 Å². The molecule has 0 saturated carbocycles. The second-order valence-electron chi connectivity index (χ2n) is 6.34. The van der Waals surface area contributed by atoms with Crippen LogP contribution in [-0.4, -0.2) is 55.3 Å². The zero-order valence-corrected chi connectivity index (χ0v) is 13.7. The van der Waals surface area contributed by atoms with Gasteiger partial charge in [-0.15, -0.1) is 0 Å². The third kappa shape index (κ3) is 3.74. The van der Waals surface area contributed by atoms with E-state index in [4.69, 9.17) is 23.7 Å². The van der Waals surface area contributed by atoms with Crippen LogP contribution in [0.4, 0.5) is 0 Å². The lowest BCUT2D eigenvalue weighted by molar-refractivity contribution is -0.239. The minimum Gasteiger partial charge on any atom is -0.388 e. The summed E-state index contributed by atoms with van der Waals surface area (Å²) in [7, 11) is 1.55. The zero-order chi connectivity index (χ0) is 16.4. The molecule has 0 amide bonds. The van der Waals surface area contributed by atoms with Crippen molar-refractivity contribution in [2.45, 2.75) is 56.9 Å². The van der Waals surface area contributed by atoms with Gasteiger partial charge in [0.2, 0.25) is 0 Å². The lowest BCUT2D eigenvalue weighted by Crippen LogP contribution is -2.41. The van der Waals surface area contributed by atoms with Crippen LogP contribution in [0, 0.1) is 0 Å². The molecule has 0 spiro atoms. The summed E-state index contributed by atoms with van der Waals surface area (Å²) in [4.78, 5) is 0. The Labute approximate surface area is 136 Å². The van der Waals surface area contributed by atoms with Crippen molar-refractivity contribution < 1.29 is 28.8 Å². The molecule has 1 aromatic carbocycles. The molecule has 2 aliphatic heterocycles. The molecule has 0 aliphatic carbocycles. The van der Waals surface area contributed by atoms with E-state index in [0.29, 0.717) is 6.61 Å². The van der Waals surface area contributed by atoms with Crippen LogP contribution in [0.15, 0.2) is 30.3 Å². The van der Waals surface area contributed by atoms with Crippen LogP contribution in [0.25, 0.3) is 0 Å². The maximum Gasteiger partial charge on any atom is 0.186 e. The van der Waals surface area contributed by atoms with Gasteiger partial charge in [0.1, 0.15) is 24.4 Å². The maximum absolute atomic E-state index is 10.4. The van der Waals surface area contributed by atoms with E-state index in [1.54, 1.807) is 7.11 Å². The third-order valence-corrected chi connectivity index (χ3v) is 4.06. The van der Waals surface area contributed by atoms with Crippen LogP contribution >= 0.6 is 0 Å². The number of hydrogen-bond acceptors (Lipinski definition) is 6. The van der Waals surface area contributed by atoms with Gasteiger partial charge in [0.15, 0.2) is 12.1 Å². The Hall–Kier alpha value is -1.02. The van der Waals surface area contributed by atoms with Gasteiger partial charge in [-0.3, -0.25) is 0 Å². The van der Waals surface area contributed by atoms with E-state index in [2.05, 4.69) is 0 Å². The number of benzene rings is 1. The number of hydrogen-bond donors (Lipinski definition) is 1. The fourth-order valence-electron chi connectivity index (χ4n) is 3.06. The van der Waals surface area contributed by atoms with Gasteiger partial charge in [-0.2, -0.15) is 0 Å². The van der Waals surface area contributed by atoms with Crippen molar-refractivity contribution in [3.05, 3.63) is 35.9 Å². The van der Waals surface area contributed by atoms with E-state index < -0.39 is 24.3 Å². The number of ether oxygens (including phenoxy) is 5. The number of fused-ring (bicyclic) bond motifs is 1. The molecule has 3 rings (SSSR count). The standard InChI is InChI=1S/C17H24O6/c1-17(2)22-14-13(21-16(19-3)15(14)23-17)12(18)10-20-9-11-7-5-4-6-8-11/h4-8,12-16,18H,9-10H2,1-3H3/t12-,13-,14+,15+,16+/m0/s1.